The van der Waals surface area contributed by atoms with Crippen molar-refractivity contribution in [1.29, 1.82) is 0 Å². The van der Waals surface area contributed by atoms with E-state index < -0.39 is 0 Å². The molecule has 1 aliphatic heterocycles. The van der Waals surface area contributed by atoms with Crippen LogP contribution in [0.25, 0.3) is 0 Å². The van der Waals surface area contributed by atoms with Gasteiger partial charge in [0, 0.05) is 24.8 Å². The van der Waals surface area contributed by atoms with Crippen molar-refractivity contribution < 1.29 is 0 Å². The summed E-state index contributed by atoms with van der Waals surface area (Å²) in [5, 5.41) is 3.39. The maximum atomic E-state index is 4.62. The summed E-state index contributed by atoms with van der Waals surface area (Å²) in [6, 6.07) is 1.93. The molecule has 4 heteroatoms. The number of piperidine rings is 1. The molecule has 1 atom stereocenters. The van der Waals surface area contributed by atoms with Gasteiger partial charge in [-0.3, -0.25) is 0 Å². The molecule has 1 aromatic heterocycles. The van der Waals surface area contributed by atoms with Gasteiger partial charge in [0.25, 0.3) is 0 Å². The van der Waals surface area contributed by atoms with Gasteiger partial charge in [-0.1, -0.05) is 6.92 Å². The van der Waals surface area contributed by atoms with Crippen LogP contribution in [-0.4, -0.2) is 28.6 Å². The van der Waals surface area contributed by atoms with Gasteiger partial charge in [0.15, 0.2) is 0 Å². The number of nitrogens with zero attached hydrogens (tertiary/aromatic N) is 3. The molecular weight excluding hydrogens is 224 g/mol. The summed E-state index contributed by atoms with van der Waals surface area (Å²) in [6.45, 7) is 10.8. The largest absolute Gasteiger partial charge is 0.365 e. The van der Waals surface area contributed by atoms with E-state index >= 15 is 0 Å². The van der Waals surface area contributed by atoms with Crippen LogP contribution < -0.4 is 10.2 Å². The zero-order valence-electron chi connectivity index (χ0n) is 11.9. The predicted molar refractivity (Wildman–Crippen MR) is 76.0 cm³/mol. The fraction of sp³-hybridized carbons (Fsp3) is 0.714. The average Bonchev–Trinajstić information content (AvgIpc) is 2.27. The molecule has 1 N–H and O–H groups in total. The summed E-state index contributed by atoms with van der Waals surface area (Å²) in [6.07, 6.45) is 4.40. The van der Waals surface area contributed by atoms with Crippen molar-refractivity contribution in [3.05, 3.63) is 12.3 Å². The molecule has 1 aliphatic rings. The zero-order valence-corrected chi connectivity index (χ0v) is 11.9. The van der Waals surface area contributed by atoms with Crippen LogP contribution in [0, 0.1) is 5.92 Å². The zero-order chi connectivity index (χ0) is 13.2. The molecule has 0 spiro atoms. The molecular formula is C14H24N4. The summed E-state index contributed by atoms with van der Waals surface area (Å²) in [7, 11) is 0. The monoisotopic (exact) mass is 248 g/mol. The van der Waals surface area contributed by atoms with Crippen LogP contribution in [0.4, 0.5) is 11.8 Å². The lowest BCUT2D eigenvalue weighted by atomic mass is 10.0. The SMILES string of the molecule is CC1CCCN(c2nccc(NC(C)(C)C)n2)C1. The Morgan fingerprint density at radius 2 is 2.17 bits per heavy atom. The van der Waals surface area contributed by atoms with Crippen LogP contribution in [0.5, 0.6) is 0 Å². The maximum absolute atomic E-state index is 4.62. The van der Waals surface area contributed by atoms with E-state index in [2.05, 4.69) is 47.9 Å². The van der Waals surface area contributed by atoms with E-state index in [0.717, 1.165) is 30.8 Å². The summed E-state index contributed by atoms with van der Waals surface area (Å²) in [4.78, 5) is 11.3. The molecule has 0 aromatic carbocycles. The van der Waals surface area contributed by atoms with Crippen molar-refractivity contribution in [2.75, 3.05) is 23.3 Å². The molecule has 18 heavy (non-hydrogen) atoms. The van der Waals surface area contributed by atoms with Gasteiger partial charge < -0.3 is 10.2 Å². The lowest BCUT2D eigenvalue weighted by molar-refractivity contribution is 0.442. The number of aromatic nitrogens is 2. The first kappa shape index (κ1) is 13.1. The predicted octanol–water partition coefficient (Wildman–Crippen LogP) is 2.92. The Hall–Kier alpha value is -1.32. The maximum Gasteiger partial charge on any atom is 0.227 e. The van der Waals surface area contributed by atoms with Crippen molar-refractivity contribution in [1.82, 2.24) is 9.97 Å². The van der Waals surface area contributed by atoms with Gasteiger partial charge in [-0.2, -0.15) is 4.98 Å². The second-order valence-electron chi connectivity index (χ2n) is 6.31. The third-order valence-corrected chi connectivity index (χ3v) is 3.09. The van der Waals surface area contributed by atoms with E-state index in [4.69, 9.17) is 0 Å². The lowest BCUT2D eigenvalue weighted by Gasteiger charge is -2.31. The van der Waals surface area contributed by atoms with Crippen molar-refractivity contribution >= 4 is 11.8 Å². The molecule has 0 saturated carbocycles. The Labute approximate surface area is 110 Å². The summed E-state index contributed by atoms with van der Waals surface area (Å²) in [5.74, 6) is 2.50. The molecule has 2 heterocycles. The van der Waals surface area contributed by atoms with Gasteiger partial charge in [0.2, 0.25) is 5.95 Å². The van der Waals surface area contributed by atoms with E-state index in [9.17, 15) is 0 Å². The highest BCUT2D eigenvalue weighted by Gasteiger charge is 2.19. The number of anilines is 2. The van der Waals surface area contributed by atoms with E-state index in [1.807, 2.05) is 12.3 Å². The van der Waals surface area contributed by atoms with E-state index in [1.54, 1.807) is 0 Å². The Balaban J connectivity index is 2.11. The number of hydrogen-bond donors (Lipinski definition) is 1. The van der Waals surface area contributed by atoms with Gasteiger partial charge in [-0.15, -0.1) is 0 Å². The third kappa shape index (κ3) is 3.59. The Bertz CT molecular complexity index is 397. The van der Waals surface area contributed by atoms with Gasteiger partial charge in [-0.25, -0.2) is 4.98 Å². The molecule has 0 bridgehead atoms. The highest BCUT2D eigenvalue weighted by atomic mass is 15.3. The summed E-state index contributed by atoms with van der Waals surface area (Å²) < 4.78 is 0. The van der Waals surface area contributed by atoms with Gasteiger partial charge in [-0.05, 0) is 45.6 Å². The normalized spacial score (nSPS) is 20.9. The minimum Gasteiger partial charge on any atom is -0.365 e. The van der Waals surface area contributed by atoms with Crippen molar-refractivity contribution in [3.63, 3.8) is 0 Å². The fourth-order valence-corrected chi connectivity index (χ4v) is 2.33. The van der Waals surface area contributed by atoms with Gasteiger partial charge >= 0.3 is 0 Å². The Kier molecular flexibility index (Phi) is 3.73. The van der Waals surface area contributed by atoms with Crippen LogP contribution in [-0.2, 0) is 0 Å². The number of hydrogen-bond acceptors (Lipinski definition) is 4. The lowest BCUT2D eigenvalue weighted by Crippen LogP contribution is -2.35. The molecule has 1 aromatic rings. The van der Waals surface area contributed by atoms with Crippen LogP contribution >= 0.6 is 0 Å². The van der Waals surface area contributed by atoms with Crippen molar-refractivity contribution in [2.24, 2.45) is 5.92 Å². The Morgan fingerprint density at radius 1 is 1.39 bits per heavy atom. The number of nitrogens with one attached hydrogen (secondary N) is 1. The minimum atomic E-state index is 0.0286. The van der Waals surface area contributed by atoms with E-state index in [1.165, 1.54) is 12.8 Å². The molecule has 0 radical (unpaired) electrons. The van der Waals surface area contributed by atoms with Crippen LogP contribution in [0.2, 0.25) is 0 Å². The summed E-state index contributed by atoms with van der Waals surface area (Å²) in [5.41, 5.74) is 0.0286. The molecule has 1 fully saturated rings. The van der Waals surface area contributed by atoms with Crippen LogP contribution in [0.15, 0.2) is 12.3 Å². The molecule has 1 unspecified atom stereocenters. The van der Waals surface area contributed by atoms with Gasteiger partial charge in [0.05, 0.1) is 0 Å². The number of rotatable bonds is 2. The molecule has 2 rings (SSSR count). The van der Waals surface area contributed by atoms with Crippen LogP contribution in [0.1, 0.15) is 40.5 Å². The standard InChI is InChI=1S/C14H24N4/c1-11-6-5-9-18(10-11)13-15-8-7-12(16-13)17-14(2,3)4/h7-8,11H,5-6,9-10H2,1-4H3,(H,15,16,17). The molecule has 100 valence electrons. The first-order valence-electron chi connectivity index (χ1n) is 6.80. The second-order valence-corrected chi connectivity index (χ2v) is 6.31. The van der Waals surface area contributed by atoms with E-state index in [0.29, 0.717) is 0 Å². The molecule has 1 saturated heterocycles. The highest BCUT2D eigenvalue weighted by Crippen LogP contribution is 2.21. The van der Waals surface area contributed by atoms with E-state index in [-0.39, 0.29) is 5.54 Å². The molecule has 4 nitrogen and oxygen atoms in total. The minimum absolute atomic E-state index is 0.0286. The van der Waals surface area contributed by atoms with Gasteiger partial charge in [0.1, 0.15) is 5.82 Å². The topological polar surface area (TPSA) is 41.1 Å². The average molecular weight is 248 g/mol. The van der Waals surface area contributed by atoms with Crippen molar-refractivity contribution in [2.45, 2.75) is 46.1 Å². The second kappa shape index (κ2) is 5.12. The molecule has 0 aliphatic carbocycles. The van der Waals surface area contributed by atoms with Crippen molar-refractivity contribution in [3.8, 4) is 0 Å². The Morgan fingerprint density at radius 3 is 2.83 bits per heavy atom. The fourth-order valence-electron chi connectivity index (χ4n) is 2.33. The first-order valence-corrected chi connectivity index (χ1v) is 6.80. The molecule has 0 amide bonds. The highest BCUT2D eigenvalue weighted by molar-refractivity contribution is 5.42. The third-order valence-electron chi connectivity index (χ3n) is 3.09. The first-order chi connectivity index (χ1) is 8.44. The summed E-state index contributed by atoms with van der Waals surface area (Å²) >= 11 is 0. The van der Waals surface area contributed by atoms with Crippen LogP contribution in [0.3, 0.4) is 0 Å². The quantitative estimate of drug-likeness (QED) is 0.873. The smallest absolute Gasteiger partial charge is 0.227 e.